The van der Waals surface area contributed by atoms with Gasteiger partial charge in [-0.1, -0.05) is 90.6 Å². The molecule has 4 aromatic rings. The van der Waals surface area contributed by atoms with Crippen LogP contribution in [0.5, 0.6) is 0 Å². The zero-order valence-corrected chi connectivity index (χ0v) is 17.8. The molecular weight excluding hydrogens is 422 g/mol. The van der Waals surface area contributed by atoms with E-state index < -0.39 is 0 Å². The van der Waals surface area contributed by atoms with Gasteiger partial charge in [-0.15, -0.1) is 10.2 Å². The Morgan fingerprint density at radius 2 is 1.25 bits per heavy atom. The van der Waals surface area contributed by atoms with E-state index in [9.17, 15) is 9.59 Å². The van der Waals surface area contributed by atoms with Crippen LogP contribution in [0.1, 0.15) is 10.4 Å². The maximum atomic E-state index is 12.2. The zero-order valence-electron chi connectivity index (χ0n) is 16.9. The first-order valence-electron chi connectivity index (χ1n) is 9.83. The summed E-state index contributed by atoms with van der Waals surface area (Å²) < 4.78 is 0. The van der Waals surface area contributed by atoms with Crippen LogP contribution in [0.3, 0.4) is 0 Å². The molecule has 3 aromatic carbocycles. The van der Waals surface area contributed by atoms with E-state index in [2.05, 4.69) is 26.0 Å². The number of nitrogens with one attached hydrogen (secondary N) is 2. The third kappa shape index (κ3) is 5.35. The average molecular weight is 442 g/mol. The Kier molecular flexibility index (Phi) is 6.84. The number of hydrazine groups is 1. The normalized spacial score (nSPS) is 10.4. The van der Waals surface area contributed by atoms with E-state index in [1.807, 2.05) is 66.7 Å². The summed E-state index contributed by atoms with van der Waals surface area (Å²) in [5.74, 6) is -0.743. The summed E-state index contributed by atoms with van der Waals surface area (Å²) in [5, 5.41) is 8.94. The van der Waals surface area contributed by atoms with Gasteiger partial charge in [0, 0.05) is 16.7 Å². The summed E-state index contributed by atoms with van der Waals surface area (Å²) in [6.45, 7) is 0. The van der Waals surface area contributed by atoms with Crippen LogP contribution >= 0.6 is 11.8 Å². The molecule has 1 heterocycles. The number of carbonyl (C=O) groups is 2. The van der Waals surface area contributed by atoms with Crippen molar-refractivity contribution in [2.75, 3.05) is 5.75 Å². The Labute approximate surface area is 189 Å². The number of rotatable bonds is 6. The van der Waals surface area contributed by atoms with Gasteiger partial charge in [0.2, 0.25) is 11.1 Å². The monoisotopic (exact) mass is 441 g/mol. The molecule has 7 nitrogen and oxygen atoms in total. The molecule has 32 heavy (non-hydrogen) atoms. The number of benzene rings is 3. The highest BCUT2D eigenvalue weighted by Gasteiger charge is 2.15. The lowest BCUT2D eigenvalue weighted by molar-refractivity contribution is -0.119. The molecule has 0 atom stereocenters. The molecule has 8 heteroatoms. The minimum Gasteiger partial charge on any atom is -0.272 e. The van der Waals surface area contributed by atoms with Gasteiger partial charge in [-0.3, -0.25) is 20.4 Å². The number of thioether (sulfide) groups is 1. The van der Waals surface area contributed by atoms with Crippen LogP contribution < -0.4 is 10.9 Å². The van der Waals surface area contributed by atoms with Crippen molar-refractivity contribution in [3.05, 3.63) is 96.6 Å². The smallest absolute Gasteiger partial charge is 0.269 e. The second kappa shape index (κ2) is 10.3. The van der Waals surface area contributed by atoms with Crippen LogP contribution in [0.4, 0.5) is 0 Å². The molecule has 2 amide bonds. The van der Waals surface area contributed by atoms with Gasteiger partial charge in [0.15, 0.2) is 0 Å². The molecule has 4 rings (SSSR count). The summed E-state index contributed by atoms with van der Waals surface area (Å²) in [6.07, 6.45) is 0. The fourth-order valence-corrected chi connectivity index (χ4v) is 3.50. The van der Waals surface area contributed by atoms with Crippen LogP contribution in [0.15, 0.2) is 96.2 Å². The van der Waals surface area contributed by atoms with Crippen molar-refractivity contribution in [3.8, 4) is 22.5 Å². The van der Waals surface area contributed by atoms with Crippen molar-refractivity contribution in [2.45, 2.75) is 5.16 Å². The predicted molar refractivity (Wildman–Crippen MR) is 123 cm³/mol. The van der Waals surface area contributed by atoms with Gasteiger partial charge in [-0.25, -0.2) is 4.98 Å². The highest BCUT2D eigenvalue weighted by Crippen LogP contribution is 2.29. The highest BCUT2D eigenvalue weighted by atomic mass is 32.2. The van der Waals surface area contributed by atoms with Crippen molar-refractivity contribution >= 4 is 23.6 Å². The van der Waals surface area contributed by atoms with Crippen LogP contribution in [0.25, 0.3) is 22.5 Å². The van der Waals surface area contributed by atoms with E-state index in [0.717, 1.165) is 22.9 Å². The van der Waals surface area contributed by atoms with Crippen LogP contribution in [0, 0.1) is 0 Å². The molecule has 0 saturated carbocycles. The minimum absolute atomic E-state index is 0.0235. The van der Waals surface area contributed by atoms with Crippen molar-refractivity contribution in [3.63, 3.8) is 0 Å². The number of hydrogen-bond acceptors (Lipinski definition) is 6. The Bertz CT molecular complexity index is 1210. The first-order chi connectivity index (χ1) is 15.7. The standard InChI is InChI=1S/C24H19N5O2S/c30-20(26-28-23(31)19-14-8-3-9-15-19)16-32-24-25-21(17-10-4-1-5-11-17)22(27-29-24)18-12-6-2-7-13-18/h1-15H,16H2,(H,26,30)(H,28,31). The molecule has 0 aliphatic rings. The van der Waals surface area contributed by atoms with E-state index in [1.54, 1.807) is 24.3 Å². The summed E-state index contributed by atoms with van der Waals surface area (Å²) >= 11 is 1.14. The van der Waals surface area contributed by atoms with Crippen molar-refractivity contribution < 1.29 is 9.59 Å². The third-order valence-electron chi connectivity index (χ3n) is 4.45. The fourth-order valence-electron chi connectivity index (χ4n) is 2.91. The van der Waals surface area contributed by atoms with Gasteiger partial charge in [0.05, 0.1) is 5.75 Å². The fraction of sp³-hybridized carbons (Fsp3) is 0.0417. The maximum absolute atomic E-state index is 12.2. The molecule has 0 unspecified atom stereocenters. The lowest BCUT2D eigenvalue weighted by atomic mass is 10.0. The molecule has 0 aliphatic carbocycles. The molecule has 0 bridgehead atoms. The highest BCUT2D eigenvalue weighted by molar-refractivity contribution is 7.99. The number of amides is 2. The Morgan fingerprint density at radius 1 is 0.688 bits per heavy atom. The van der Waals surface area contributed by atoms with Crippen molar-refractivity contribution in [2.24, 2.45) is 0 Å². The van der Waals surface area contributed by atoms with Gasteiger partial charge >= 0.3 is 0 Å². The number of aromatic nitrogens is 3. The second-order valence-electron chi connectivity index (χ2n) is 6.68. The zero-order chi connectivity index (χ0) is 22.2. The molecular formula is C24H19N5O2S. The number of carbonyl (C=O) groups excluding carboxylic acids is 2. The van der Waals surface area contributed by atoms with E-state index in [-0.39, 0.29) is 17.6 Å². The molecule has 0 radical (unpaired) electrons. The largest absolute Gasteiger partial charge is 0.272 e. The molecule has 0 fully saturated rings. The quantitative estimate of drug-likeness (QED) is 0.349. The molecule has 1 aromatic heterocycles. The average Bonchev–Trinajstić information content (AvgIpc) is 2.87. The maximum Gasteiger partial charge on any atom is 0.269 e. The predicted octanol–water partition coefficient (Wildman–Crippen LogP) is 3.76. The van der Waals surface area contributed by atoms with Gasteiger partial charge < -0.3 is 0 Å². The van der Waals surface area contributed by atoms with Crippen LogP contribution in [0.2, 0.25) is 0 Å². The molecule has 0 aliphatic heterocycles. The van der Waals surface area contributed by atoms with Gasteiger partial charge in [-0.2, -0.15) is 0 Å². The second-order valence-corrected chi connectivity index (χ2v) is 7.62. The van der Waals surface area contributed by atoms with Gasteiger partial charge in [-0.05, 0) is 12.1 Å². The first-order valence-corrected chi connectivity index (χ1v) is 10.8. The van der Waals surface area contributed by atoms with Crippen LogP contribution in [-0.4, -0.2) is 32.7 Å². The lowest BCUT2D eigenvalue weighted by Gasteiger charge is -2.10. The Balaban J connectivity index is 1.45. The van der Waals surface area contributed by atoms with Gasteiger partial charge in [0.25, 0.3) is 5.91 Å². The van der Waals surface area contributed by atoms with E-state index in [1.165, 1.54) is 0 Å². The van der Waals surface area contributed by atoms with Gasteiger partial charge in [0.1, 0.15) is 11.4 Å². The molecule has 2 N–H and O–H groups in total. The van der Waals surface area contributed by atoms with Crippen LogP contribution in [-0.2, 0) is 4.79 Å². The van der Waals surface area contributed by atoms with E-state index in [4.69, 9.17) is 0 Å². The van der Waals surface area contributed by atoms with E-state index >= 15 is 0 Å². The summed E-state index contributed by atoms with van der Waals surface area (Å²) in [6, 6.07) is 28.1. The Hall–Kier alpha value is -4.04. The topological polar surface area (TPSA) is 96.9 Å². The summed E-state index contributed by atoms with van der Waals surface area (Å²) in [7, 11) is 0. The lowest BCUT2D eigenvalue weighted by Crippen LogP contribution is -2.42. The molecule has 0 spiro atoms. The summed E-state index contributed by atoms with van der Waals surface area (Å²) in [4.78, 5) is 28.9. The first kappa shape index (κ1) is 21.2. The van der Waals surface area contributed by atoms with Crippen molar-refractivity contribution in [1.29, 1.82) is 0 Å². The molecule has 0 saturated heterocycles. The SMILES string of the molecule is O=C(CSc1nnc(-c2ccccc2)c(-c2ccccc2)n1)NNC(=O)c1ccccc1. The minimum atomic E-state index is -0.388. The Morgan fingerprint density at radius 3 is 1.88 bits per heavy atom. The summed E-state index contributed by atoms with van der Waals surface area (Å²) in [5.41, 5.74) is 8.42. The number of hydrogen-bond donors (Lipinski definition) is 2. The number of nitrogens with zero attached hydrogens (tertiary/aromatic N) is 3. The molecule has 158 valence electrons. The van der Waals surface area contributed by atoms with E-state index in [0.29, 0.717) is 22.1 Å². The van der Waals surface area contributed by atoms with Crippen molar-refractivity contribution in [1.82, 2.24) is 26.0 Å². The third-order valence-corrected chi connectivity index (χ3v) is 5.28.